The van der Waals surface area contributed by atoms with Crippen LogP contribution in [-0.4, -0.2) is 42.0 Å². The Morgan fingerprint density at radius 1 is 1.14 bits per heavy atom. The topological polar surface area (TPSA) is 104 Å². The second-order valence-electron chi connectivity index (χ2n) is 8.67. The van der Waals surface area contributed by atoms with E-state index in [1.54, 1.807) is 6.08 Å². The summed E-state index contributed by atoms with van der Waals surface area (Å²) in [6.07, 6.45) is 4.90. The SMILES string of the molecule is Cc1ccc(C(C)NCc2ccc(C3=CCC(Cl)C(C(=O)NCCC(=O)NCCCO)=C3)o2)cc1. The number of allylic oxidation sites excluding steroid dienone is 3. The molecule has 0 bridgehead atoms. The molecule has 1 aliphatic rings. The van der Waals surface area contributed by atoms with Crippen LogP contribution in [0.1, 0.15) is 54.9 Å². The largest absolute Gasteiger partial charge is 0.460 e. The quantitative estimate of drug-likeness (QED) is 0.263. The van der Waals surface area contributed by atoms with Gasteiger partial charge >= 0.3 is 0 Å². The lowest BCUT2D eigenvalue weighted by Gasteiger charge is -2.18. The Bertz CT molecular complexity index is 1060. The third kappa shape index (κ3) is 8.09. The van der Waals surface area contributed by atoms with Gasteiger partial charge in [0.25, 0.3) is 0 Å². The average molecular weight is 500 g/mol. The summed E-state index contributed by atoms with van der Waals surface area (Å²) in [5.41, 5.74) is 3.71. The van der Waals surface area contributed by atoms with Gasteiger partial charge in [-0.25, -0.2) is 0 Å². The number of halogens is 1. The van der Waals surface area contributed by atoms with E-state index in [0.29, 0.717) is 37.3 Å². The van der Waals surface area contributed by atoms with Crippen molar-refractivity contribution >= 4 is 29.0 Å². The summed E-state index contributed by atoms with van der Waals surface area (Å²) >= 11 is 6.40. The van der Waals surface area contributed by atoms with Gasteiger partial charge in [-0.15, -0.1) is 11.6 Å². The molecule has 2 amide bonds. The standard InChI is InChI=1S/C27H34ClN3O4/c1-18-4-6-20(7-5-18)19(2)31-17-22-9-11-25(35-22)21-8-10-24(28)23(16-21)27(34)30-14-12-26(33)29-13-3-15-32/h4-9,11,16,19,24,31-32H,3,10,12-15,17H2,1-2H3,(H,29,33)(H,30,34). The van der Waals surface area contributed by atoms with Gasteiger partial charge in [0.1, 0.15) is 11.5 Å². The maximum absolute atomic E-state index is 12.7. The van der Waals surface area contributed by atoms with Crippen molar-refractivity contribution < 1.29 is 19.1 Å². The first-order chi connectivity index (χ1) is 16.9. The number of aryl methyl sites for hydroxylation is 1. The Labute approximate surface area is 211 Å². The maximum Gasteiger partial charge on any atom is 0.248 e. The molecule has 0 fully saturated rings. The summed E-state index contributed by atoms with van der Waals surface area (Å²) in [6.45, 7) is 5.42. The smallest absolute Gasteiger partial charge is 0.248 e. The van der Waals surface area contributed by atoms with Crippen LogP contribution in [0, 0.1) is 6.92 Å². The monoisotopic (exact) mass is 499 g/mol. The van der Waals surface area contributed by atoms with Crippen LogP contribution in [0.4, 0.5) is 0 Å². The average Bonchev–Trinajstić information content (AvgIpc) is 3.32. The van der Waals surface area contributed by atoms with Crippen LogP contribution in [0.3, 0.4) is 0 Å². The second kappa shape index (κ2) is 13.3. The molecule has 4 N–H and O–H groups in total. The Hall–Kier alpha value is -2.87. The van der Waals surface area contributed by atoms with E-state index in [4.69, 9.17) is 21.1 Å². The van der Waals surface area contributed by atoms with Gasteiger partial charge in [0.05, 0.1) is 11.9 Å². The van der Waals surface area contributed by atoms with E-state index >= 15 is 0 Å². The molecule has 0 spiro atoms. The van der Waals surface area contributed by atoms with E-state index in [2.05, 4.69) is 54.1 Å². The zero-order valence-electron chi connectivity index (χ0n) is 20.3. The van der Waals surface area contributed by atoms with Crippen molar-refractivity contribution in [3.05, 3.63) is 76.8 Å². The molecule has 0 radical (unpaired) electrons. The minimum atomic E-state index is -0.441. The summed E-state index contributed by atoms with van der Waals surface area (Å²) in [5.74, 6) is 1.02. The number of benzene rings is 1. The molecule has 7 nitrogen and oxygen atoms in total. The van der Waals surface area contributed by atoms with Gasteiger partial charge in [-0.2, -0.15) is 0 Å². The fraction of sp³-hybridized carbons (Fsp3) is 0.407. The molecule has 0 saturated heterocycles. The summed E-state index contributed by atoms with van der Waals surface area (Å²) in [6, 6.07) is 12.5. The third-order valence-corrected chi connectivity index (χ3v) is 6.27. The van der Waals surface area contributed by atoms with Crippen LogP contribution in [0.25, 0.3) is 5.57 Å². The summed E-state index contributed by atoms with van der Waals surface area (Å²) in [4.78, 5) is 24.4. The molecule has 0 aliphatic heterocycles. The number of aliphatic hydroxyl groups is 1. The lowest BCUT2D eigenvalue weighted by atomic mass is 9.97. The Morgan fingerprint density at radius 2 is 1.91 bits per heavy atom. The van der Waals surface area contributed by atoms with Gasteiger partial charge in [0, 0.05) is 43.3 Å². The van der Waals surface area contributed by atoms with Crippen molar-refractivity contribution in [1.29, 1.82) is 0 Å². The van der Waals surface area contributed by atoms with Crippen molar-refractivity contribution in [2.45, 2.75) is 51.1 Å². The summed E-state index contributed by atoms with van der Waals surface area (Å²) in [7, 11) is 0. The van der Waals surface area contributed by atoms with Crippen LogP contribution in [0.15, 0.2) is 58.5 Å². The van der Waals surface area contributed by atoms with Gasteiger partial charge in [-0.3, -0.25) is 9.59 Å². The number of aliphatic hydroxyl groups excluding tert-OH is 1. The van der Waals surface area contributed by atoms with E-state index < -0.39 is 5.38 Å². The highest BCUT2D eigenvalue weighted by Crippen LogP contribution is 2.30. The number of amides is 2. The zero-order valence-corrected chi connectivity index (χ0v) is 21.0. The molecule has 1 aromatic heterocycles. The second-order valence-corrected chi connectivity index (χ2v) is 9.20. The first kappa shape index (κ1) is 26.7. The predicted octanol–water partition coefficient (Wildman–Crippen LogP) is 3.76. The molecular weight excluding hydrogens is 466 g/mol. The van der Waals surface area contributed by atoms with Gasteiger partial charge < -0.3 is 25.5 Å². The predicted molar refractivity (Wildman–Crippen MR) is 138 cm³/mol. The Morgan fingerprint density at radius 3 is 2.66 bits per heavy atom. The number of alkyl halides is 1. The van der Waals surface area contributed by atoms with E-state index in [1.807, 2.05) is 18.2 Å². The van der Waals surface area contributed by atoms with E-state index in [1.165, 1.54) is 11.1 Å². The van der Waals surface area contributed by atoms with Crippen molar-refractivity contribution in [2.75, 3.05) is 19.7 Å². The van der Waals surface area contributed by atoms with E-state index in [-0.39, 0.29) is 37.4 Å². The van der Waals surface area contributed by atoms with Gasteiger partial charge in [0.15, 0.2) is 0 Å². The number of nitrogens with one attached hydrogen (secondary N) is 3. The van der Waals surface area contributed by atoms with Gasteiger partial charge in [-0.05, 0) is 50.5 Å². The minimum Gasteiger partial charge on any atom is -0.460 e. The zero-order chi connectivity index (χ0) is 25.2. The highest BCUT2D eigenvalue weighted by Gasteiger charge is 2.23. The highest BCUT2D eigenvalue weighted by atomic mass is 35.5. The van der Waals surface area contributed by atoms with Crippen LogP contribution in [0.5, 0.6) is 0 Å². The number of hydrogen-bond acceptors (Lipinski definition) is 5. The first-order valence-corrected chi connectivity index (χ1v) is 12.4. The molecule has 1 aromatic carbocycles. The molecule has 188 valence electrons. The Kier molecular flexibility index (Phi) is 10.1. The molecular formula is C27H34ClN3O4. The van der Waals surface area contributed by atoms with Crippen molar-refractivity contribution in [1.82, 2.24) is 16.0 Å². The number of furan rings is 1. The van der Waals surface area contributed by atoms with Crippen LogP contribution >= 0.6 is 11.6 Å². The Balaban J connectivity index is 1.53. The lowest BCUT2D eigenvalue weighted by Crippen LogP contribution is -2.34. The fourth-order valence-electron chi connectivity index (χ4n) is 3.70. The fourth-order valence-corrected chi connectivity index (χ4v) is 3.95. The van der Waals surface area contributed by atoms with E-state index in [9.17, 15) is 9.59 Å². The summed E-state index contributed by atoms with van der Waals surface area (Å²) in [5, 5.41) is 17.2. The molecule has 1 aliphatic carbocycles. The first-order valence-electron chi connectivity index (χ1n) is 12.0. The maximum atomic E-state index is 12.7. The van der Waals surface area contributed by atoms with Crippen LogP contribution in [-0.2, 0) is 16.1 Å². The number of carbonyl (C=O) groups excluding carboxylic acids is 2. The van der Waals surface area contributed by atoms with Gasteiger partial charge in [-0.1, -0.05) is 35.9 Å². The van der Waals surface area contributed by atoms with E-state index in [0.717, 1.165) is 11.3 Å². The molecule has 0 saturated carbocycles. The summed E-state index contributed by atoms with van der Waals surface area (Å²) < 4.78 is 6.03. The molecule has 2 aromatic rings. The lowest BCUT2D eigenvalue weighted by molar-refractivity contribution is -0.121. The number of rotatable bonds is 12. The molecule has 2 unspecified atom stereocenters. The highest BCUT2D eigenvalue weighted by molar-refractivity contribution is 6.26. The number of carbonyl (C=O) groups is 2. The van der Waals surface area contributed by atoms with Crippen molar-refractivity contribution in [2.24, 2.45) is 0 Å². The molecule has 35 heavy (non-hydrogen) atoms. The van der Waals surface area contributed by atoms with Gasteiger partial charge in [0.2, 0.25) is 11.8 Å². The molecule has 3 rings (SSSR count). The van der Waals surface area contributed by atoms with Crippen LogP contribution < -0.4 is 16.0 Å². The van der Waals surface area contributed by atoms with Crippen LogP contribution in [0.2, 0.25) is 0 Å². The van der Waals surface area contributed by atoms with Crippen molar-refractivity contribution in [3.8, 4) is 0 Å². The molecule has 1 heterocycles. The third-order valence-electron chi connectivity index (χ3n) is 5.86. The normalized spacial score (nSPS) is 16.3. The molecule has 8 heteroatoms. The number of hydrogen-bond donors (Lipinski definition) is 4. The molecule has 2 atom stereocenters. The minimum absolute atomic E-state index is 0.0261. The van der Waals surface area contributed by atoms with Crippen molar-refractivity contribution in [3.63, 3.8) is 0 Å².